The van der Waals surface area contributed by atoms with Gasteiger partial charge in [-0.25, -0.2) is 15.1 Å². The lowest BCUT2D eigenvalue weighted by Crippen LogP contribution is -2.33. The van der Waals surface area contributed by atoms with Gasteiger partial charge in [-0.1, -0.05) is 0 Å². The van der Waals surface area contributed by atoms with Crippen molar-refractivity contribution in [3.63, 3.8) is 0 Å². The zero-order valence-electron chi connectivity index (χ0n) is 9.28. The Morgan fingerprint density at radius 3 is 2.80 bits per heavy atom. The van der Waals surface area contributed by atoms with Crippen LogP contribution in [0.1, 0.15) is 27.2 Å². The molecule has 0 saturated heterocycles. The van der Waals surface area contributed by atoms with Crippen molar-refractivity contribution in [3.05, 3.63) is 11.9 Å². The van der Waals surface area contributed by atoms with Crippen molar-refractivity contribution >= 4 is 12.4 Å². The number of rotatable bonds is 3. The number of hydrogen-bond acceptors (Lipinski definition) is 3. The van der Waals surface area contributed by atoms with Crippen LogP contribution in [0.3, 0.4) is 0 Å². The summed E-state index contributed by atoms with van der Waals surface area (Å²) < 4.78 is 5.07. The number of nitrogens with one attached hydrogen (secondary N) is 1. The Kier molecular flexibility index (Phi) is 3.71. The maximum Gasteiger partial charge on any atom is 0.407 e. The highest BCUT2D eigenvalue weighted by Crippen LogP contribution is 2.06. The minimum absolute atomic E-state index is 0.401. The Bertz CT molecular complexity index is 290. The van der Waals surface area contributed by atoms with Crippen LogP contribution in [-0.2, 0) is 4.74 Å². The quantitative estimate of drug-likeness (QED) is 0.765. The zero-order valence-corrected chi connectivity index (χ0v) is 9.28. The van der Waals surface area contributed by atoms with Crippen molar-refractivity contribution < 1.29 is 9.53 Å². The van der Waals surface area contributed by atoms with Crippen molar-refractivity contribution in [1.82, 2.24) is 10.6 Å². The monoisotopic (exact) mass is 210 g/mol. The molecule has 1 heterocycles. The molecule has 0 fully saturated rings. The SMILES string of the molecule is CC(C)(C)OC(=O)NCCC1=CN=C[N]1. The topological polar surface area (TPSA) is 64.8 Å². The van der Waals surface area contributed by atoms with E-state index in [9.17, 15) is 4.79 Å². The molecule has 0 bridgehead atoms. The summed E-state index contributed by atoms with van der Waals surface area (Å²) in [5, 5.41) is 6.63. The van der Waals surface area contributed by atoms with E-state index in [-0.39, 0.29) is 0 Å². The van der Waals surface area contributed by atoms with Crippen LogP contribution in [0.4, 0.5) is 4.79 Å². The van der Waals surface area contributed by atoms with Crippen LogP contribution >= 0.6 is 0 Å². The molecular weight excluding hydrogens is 194 g/mol. The third kappa shape index (κ3) is 5.05. The molecule has 1 rings (SSSR count). The van der Waals surface area contributed by atoms with Crippen molar-refractivity contribution in [2.24, 2.45) is 4.99 Å². The van der Waals surface area contributed by atoms with Crippen LogP contribution < -0.4 is 10.6 Å². The molecule has 0 aromatic heterocycles. The fraction of sp³-hybridized carbons (Fsp3) is 0.600. The summed E-state index contributed by atoms with van der Waals surface area (Å²) in [6, 6.07) is 0. The summed E-state index contributed by atoms with van der Waals surface area (Å²) in [6.07, 6.45) is 3.43. The molecule has 0 saturated carbocycles. The lowest BCUT2D eigenvalue weighted by molar-refractivity contribution is 0.0528. The number of aliphatic imine (C=N–C) groups is 1. The Hall–Kier alpha value is -1.52. The summed E-state index contributed by atoms with van der Waals surface area (Å²) in [4.78, 5) is 15.0. The largest absolute Gasteiger partial charge is 0.444 e. The van der Waals surface area contributed by atoms with Crippen LogP contribution in [0, 0.1) is 0 Å². The Labute approximate surface area is 89.6 Å². The normalized spacial score (nSPS) is 14.5. The highest BCUT2D eigenvalue weighted by Gasteiger charge is 2.15. The summed E-state index contributed by atoms with van der Waals surface area (Å²) in [5.41, 5.74) is 0.413. The van der Waals surface area contributed by atoms with Gasteiger partial charge in [0.2, 0.25) is 0 Å². The Morgan fingerprint density at radius 2 is 2.27 bits per heavy atom. The number of alkyl carbamates (subject to hydrolysis) is 1. The molecule has 0 aromatic rings. The number of amides is 1. The number of ether oxygens (including phenoxy) is 1. The molecule has 1 radical (unpaired) electrons. The lowest BCUT2D eigenvalue weighted by Gasteiger charge is -2.19. The van der Waals surface area contributed by atoms with Crippen LogP contribution in [0.25, 0.3) is 0 Å². The second kappa shape index (κ2) is 4.82. The molecule has 0 atom stereocenters. The highest BCUT2D eigenvalue weighted by molar-refractivity contribution is 5.67. The third-order valence-electron chi connectivity index (χ3n) is 1.56. The minimum atomic E-state index is -0.454. The Morgan fingerprint density at radius 1 is 1.53 bits per heavy atom. The number of hydrogen-bond donors (Lipinski definition) is 1. The van der Waals surface area contributed by atoms with Gasteiger partial charge in [0.05, 0.1) is 11.9 Å². The van der Waals surface area contributed by atoms with E-state index in [0.717, 1.165) is 5.70 Å². The van der Waals surface area contributed by atoms with Gasteiger partial charge in [-0.05, 0) is 20.8 Å². The van der Waals surface area contributed by atoms with Crippen molar-refractivity contribution in [1.29, 1.82) is 0 Å². The van der Waals surface area contributed by atoms with Crippen molar-refractivity contribution in [2.45, 2.75) is 32.8 Å². The van der Waals surface area contributed by atoms with E-state index in [0.29, 0.717) is 13.0 Å². The van der Waals surface area contributed by atoms with Gasteiger partial charge in [0.15, 0.2) is 0 Å². The molecule has 1 amide bonds. The van der Waals surface area contributed by atoms with Crippen molar-refractivity contribution in [2.75, 3.05) is 6.54 Å². The van der Waals surface area contributed by atoms with Crippen molar-refractivity contribution in [3.8, 4) is 0 Å². The molecule has 0 unspecified atom stereocenters. The smallest absolute Gasteiger partial charge is 0.407 e. The first-order chi connectivity index (χ1) is 6.97. The van der Waals surface area contributed by atoms with E-state index >= 15 is 0 Å². The minimum Gasteiger partial charge on any atom is -0.444 e. The summed E-state index contributed by atoms with van der Waals surface area (Å²) in [5.74, 6) is 0. The molecule has 1 aliphatic rings. The molecule has 0 aliphatic carbocycles. The molecule has 5 nitrogen and oxygen atoms in total. The van der Waals surface area contributed by atoms with Gasteiger partial charge in [0.1, 0.15) is 11.9 Å². The summed E-state index contributed by atoms with van der Waals surface area (Å²) in [7, 11) is 0. The molecular formula is C10H16N3O2. The summed E-state index contributed by atoms with van der Waals surface area (Å²) >= 11 is 0. The molecule has 83 valence electrons. The molecule has 5 heteroatoms. The van der Waals surface area contributed by atoms with E-state index < -0.39 is 11.7 Å². The van der Waals surface area contributed by atoms with Gasteiger partial charge in [0.25, 0.3) is 0 Å². The molecule has 0 spiro atoms. The van der Waals surface area contributed by atoms with E-state index in [2.05, 4.69) is 15.6 Å². The van der Waals surface area contributed by atoms with Gasteiger partial charge in [-0.15, -0.1) is 0 Å². The predicted molar refractivity (Wildman–Crippen MR) is 57.6 cm³/mol. The van der Waals surface area contributed by atoms with E-state index in [1.807, 2.05) is 20.8 Å². The first-order valence-corrected chi connectivity index (χ1v) is 4.86. The number of carbonyl (C=O) groups is 1. The van der Waals surface area contributed by atoms with E-state index in [1.165, 1.54) is 6.34 Å². The number of carbonyl (C=O) groups excluding carboxylic acids is 1. The first-order valence-electron chi connectivity index (χ1n) is 4.86. The maximum absolute atomic E-state index is 11.2. The fourth-order valence-corrected chi connectivity index (χ4v) is 0.996. The van der Waals surface area contributed by atoms with Crippen LogP contribution in [0.5, 0.6) is 0 Å². The van der Waals surface area contributed by atoms with Gasteiger partial charge >= 0.3 is 6.09 Å². The first kappa shape index (κ1) is 11.6. The number of nitrogens with zero attached hydrogens (tertiary/aromatic N) is 2. The van der Waals surface area contributed by atoms with Gasteiger partial charge in [-0.3, -0.25) is 0 Å². The fourth-order valence-electron chi connectivity index (χ4n) is 0.996. The van der Waals surface area contributed by atoms with Crippen LogP contribution in [0.15, 0.2) is 16.9 Å². The average molecular weight is 210 g/mol. The zero-order chi connectivity index (χ0) is 11.3. The molecule has 0 aromatic carbocycles. The predicted octanol–water partition coefficient (Wildman–Crippen LogP) is 1.39. The lowest BCUT2D eigenvalue weighted by atomic mass is 10.2. The molecule has 15 heavy (non-hydrogen) atoms. The second-order valence-corrected chi connectivity index (χ2v) is 4.19. The van der Waals surface area contributed by atoms with Crippen LogP contribution in [-0.4, -0.2) is 24.6 Å². The summed E-state index contributed by atoms with van der Waals surface area (Å²) in [6.45, 7) is 5.99. The van der Waals surface area contributed by atoms with Gasteiger partial charge in [0, 0.05) is 13.0 Å². The van der Waals surface area contributed by atoms with Gasteiger partial charge < -0.3 is 10.1 Å². The van der Waals surface area contributed by atoms with Gasteiger partial charge in [-0.2, -0.15) is 0 Å². The van der Waals surface area contributed by atoms with Crippen LogP contribution in [0.2, 0.25) is 0 Å². The van der Waals surface area contributed by atoms with E-state index in [1.54, 1.807) is 6.20 Å². The maximum atomic E-state index is 11.2. The third-order valence-corrected chi connectivity index (χ3v) is 1.56. The molecule has 1 aliphatic heterocycles. The molecule has 1 N–H and O–H groups in total. The highest BCUT2D eigenvalue weighted by atomic mass is 16.6. The van der Waals surface area contributed by atoms with E-state index in [4.69, 9.17) is 4.74 Å². The standard InChI is InChI=1S/C10H16N3O2/c1-10(2,3)15-9(14)12-5-4-8-6-11-7-13-8/h6-7H,4-5H2,1-3H3,(H,12,14). The average Bonchev–Trinajstić information content (AvgIpc) is 2.53. The Balaban J connectivity index is 2.12. The second-order valence-electron chi connectivity index (χ2n) is 4.19.